The fraction of sp³-hybridized carbons (Fsp3) is 0.818. The molecule has 0 spiro atoms. The van der Waals surface area contributed by atoms with Crippen molar-refractivity contribution in [3.8, 4) is 0 Å². The number of likely N-dealkylation sites (N-methyl/N-ethyl adjacent to an activating group) is 1. The highest BCUT2D eigenvalue weighted by Crippen LogP contribution is 2.27. The van der Waals surface area contributed by atoms with Crippen LogP contribution in [0.1, 0.15) is 72.6 Å². The molecule has 0 aromatic heterocycles. The normalized spacial score (nSPS) is 21.6. The summed E-state index contributed by atoms with van der Waals surface area (Å²) in [4.78, 5) is 51.6. The summed E-state index contributed by atoms with van der Waals surface area (Å²) in [6.45, 7) is 7.51. The topological polar surface area (TPSA) is 114 Å². The first kappa shape index (κ1) is 25.1. The number of nitrogens with zero attached hydrogens (tertiary/aromatic N) is 1. The van der Waals surface area contributed by atoms with Gasteiger partial charge in [0.25, 0.3) is 0 Å². The van der Waals surface area contributed by atoms with Gasteiger partial charge in [-0.2, -0.15) is 0 Å². The summed E-state index contributed by atoms with van der Waals surface area (Å²) in [6.07, 6.45) is 5.38. The van der Waals surface area contributed by atoms with Crippen LogP contribution < -0.4 is 10.6 Å². The summed E-state index contributed by atoms with van der Waals surface area (Å²) in [5.41, 5.74) is -0.690. The number of esters is 2. The van der Waals surface area contributed by atoms with Crippen molar-refractivity contribution in [2.45, 2.75) is 96.4 Å². The molecule has 9 heteroatoms. The van der Waals surface area contributed by atoms with Gasteiger partial charge in [-0.1, -0.05) is 19.3 Å². The predicted molar refractivity (Wildman–Crippen MR) is 114 cm³/mol. The highest BCUT2D eigenvalue weighted by atomic mass is 16.6. The molecule has 1 aliphatic carbocycles. The molecular formula is C22H37N3O6. The Balaban J connectivity index is 2.05. The average molecular weight is 440 g/mol. The molecule has 2 amide bonds. The number of amides is 2. The molecule has 31 heavy (non-hydrogen) atoms. The molecule has 1 saturated carbocycles. The van der Waals surface area contributed by atoms with Crippen LogP contribution in [0.5, 0.6) is 0 Å². The number of hydrogen-bond donors (Lipinski definition) is 2. The zero-order chi connectivity index (χ0) is 23.2. The number of ether oxygens (including phenoxy) is 2. The Morgan fingerprint density at radius 3 is 2.23 bits per heavy atom. The van der Waals surface area contributed by atoms with Crippen molar-refractivity contribution in [3.63, 3.8) is 0 Å². The predicted octanol–water partition coefficient (Wildman–Crippen LogP) is 2.13. The zero-order valence-electron chi connectivity index (χ0n) is 19.4. The van der Waals surface area contributed by atoms with Crippen molar-refractivity contribution < 1.29 is 28.7 Å². The van der Waals surface area contributed by atoms with E-state index in [1.54, 1.807) is 27.7 Å². The van der Waals surface area contributed by atoms with Gasteiger partial charge in [-0.15, -0.1) is 0 Å². The van der Waals surface area contributed by atoms with Crippen molar-refractivity contribution >= 4 is 23.9 Å². The van der Waals surface area contributed by atoms with Gasteiger partial charge in [0.1, 0.15) is 23.7 Å². The Labute approximate surface area is 184 Å². The van der Waals surface area contributed by atoms with E-state index in [9.17, 15) is 19.2 Å². The molecule has 3 atom stereocenters. The molecule has 176 valence electrons. The second-order valence-corrected chi connectivity index (χ2v) is 9.54. The van der Waals surface area contributed by atoms with Crippen molar-refractivity contribution in [2.24, 2.45) is 5.92 Å². The zero-order valence-corrected chi connectivity index (χ0v) is 19.4. The molecule has 2 fully saturated rings. The Morgan fingerprint density at radius 2 is 1.68 bits per heavy atom. The smallest absolute Gasteiger partial charge is 0.410 e. The number of carbonyl (C=O) groups excluding carboxylic acids is 4. The van der Waals surface area contributed by atoms with Crippen molar-refractivity contribution in [2.75, 3.05) is 13.6 Å². The summed E-state index contributed by atoms with van der Waals surface area (Å²) in [5, 5.41) is 5.76. The lowest BCUT2D eigenvalue weighted by Gasteiger charge is -2.32. The third-order valence-electron chi connectivity index (χ3n) is 5.86. The minimum Gasteiger partial charge on any atom is -0.444 e. The van der Waals surface area contributed by atoms with Gasteiger partial charge in [0.2, 0.25) is 5.91 Å². The highest BCUT2D eigenvalue weighted by Gasteiger charge is 2.37. The molecule has 0 bridgehead atoms. The third-order valence-corrected chi connectivity index (χ3v) is 5.86. The van der Waals surface area contributed by atoms with E-state index in [0.29, 0.717) is 13.0 Å². The van der Waals surface area contributed by atoms with Crippen LogP contribution in [0.3, 0.4) is 0 Å². The minimum atomic E-state index is -0.923. The standard InChI is InChI=1S/C22H37N3O6/c1-14(25(5)21(29)31-22(2,3)4)18(26)24-17(15-10-7-6-8-11-15)20(28)30-19(27)16-12-9-13-23-16/h14-17,23H,6-13H2,1-5H3,(H,24,26)/t14?,16-,17?/m0/s1. The van der Waals surface area contributed by atoms with E-state index in [1.807, 2.05) is 0 Å². The van der Waals surface area contributed by atoms with E-state index >= 15 is 0 Å². The summed E-state index contributed by atoms with van der Waals surface area (Å²) in [5.74, 6) is -1.93. The largest absolute Gasteiger partial charge is 0.444 e. The lowest BCUT2D eigenvalue weighted by atomic mass is 9.83. The lowest BCUT2D eigenvalue weighted by molar-refractivity contribution is -0.164. The molecule has 9 nitrogen and oxygen atoms in total. The van der Waals surface area contributed by atoms with E-state index in [2.05, 4.69) is 10.6 Å². The maximum atomic E-state index is 12.9. The number of carbonyl (C=O) groups is 4. The molecule has 2 unspecified atom stereocenters. The van der Waals surface area contributed by atoms with Gasteiger partial charge >= 0.3 is 18.0 Å². The first-order valence-corrected chi connectivity index (χ1v) is 11.2. The molecule has 1 aliphatic heterocycles. The molecule has 2 rings (SSSR count). The quantitative estimate of drug-likeness (QED) is 0.481. The second kappa shape index (κ2) is 10.9. The summed E-state index contributed by atoms with van der Waals surface area (Å²) >= 11 is 0. The van der Waals surface area contributed by atoms with Gasteiger partial charge in [0.05, 0.1) is 0 Å². The molecule has 2 N–H and O–H groups in total. The second-order valence-electron chi connectivity index (χ2n) is 9.54. The minimum absolute atomic E-state index is 0.103. The first-order valence-electron chi connectivity index (χ1n) is 11.2. The van der Waals surface area contributed by atoms with Gasteiger partial charge in [0, 0.05) is 7.05 Å². The summed E-state index contributed by atoms with van der Waals surface area (Å²) < 4.78 is 10.5. The van der Waals surface area contributed by atoms with Gasteiger partial charge in [-0.25, -0.2) is 14.4 Å². The van der Waals surface area contributed by atoms with Crippen molar-refractivity contribution in [1.29, 1.82) is 0 Å². The van der Waals surface area contributed by atoms with E-state index in [-0.39, 0.29) is 5.92 Å². The van der Waals surface area contributed by atoms with Crippen LogP contribution in [0, 0.1) is 5.92 Å². The Morgan fingerprint density at radius 1 is 1.03 bits per heavy atom. The van der Waals surface area contributed by atoms with Gasteiger partial charge in [-0.3, -0.25) is 9.69 Å². The fourth-order valence-electron chi connectivity index (χ4n) is 3.90. The molecule has 0 aromatic rings. The number of rotatable bonds is 6. The van der Waals surface area contributed by atoms with Crippen LogP contribution in [-0.2, 0) is 23.9 Å². The Kier molecular flexibility index (Phi) is 8.85. The monoisotopic (exact) mass is 439 g/mol. The van der Waals surface area contributed by atoms with Crippen LogP contribution in [0.2, 0.25) is 0 Å². The van der Waals surface area contributed by atoms with Crippen molar-refractivity contribution in [1.82, 2.24) is 15.5 Å². The Hall–Kier alpha value is -2.16. The first-order chi connectivity index (χ1) is 14.5. The molecule has 1 heterocycles. The van der Waals surface area contributed by atoms with E-state index < -0.39 is 47.7 Å². The molecule has 1 saturated heterocycles. The van der Waals surface area contributed by atoms with Crippen LogP contribution in [0.25, 0.3) is 0 Å². The Bertz CT molecular complexity index is 663. The fourth-order valence-corrected chi connectivity index (χ4v) is 3.90. The molecular weight excluding hydrogens is 402 g/mol. The maximum Gasteiger partial charge on any atom is 0.410 e. The van der Waals surface area contributed by atoms with Crippen LogP contribution in [0.15, 0.2) is 0 Å². The SMILES string of the molecule is CC(C(=O)NC(C(=O)OC(=O)[C@@H]1CCCN1)C1CCCCC1)N(C)C(=O)OC(C)(C)C. The lowest BCUT2D eigenvalue weighted by Crippen LogP contribution is -2.54. The maximum absolute atomic E-state index is 12.9. The third kappa shape index (κ3) is 7.48. The van der Waals surface area contributed by atoms with Crippen molar-refractivity contribution in [3.05, 3.63) is 0 Å². The molecule has 0 aromatic carbocycles. The number of hydrogen-bond acceptors (Lipinski definition) is 7. The molecule has 2 aliphatic rings. The van der Waals surface area contributed by atoms with E-state index in [4.69, 9.17) is 9.47 Å². The average Bonchev–Trinajstić information content (AvgIpc) is 3.25. The number of nitrogens with one attached hydrogen (secondary N) is 2. The highest BCUT2D eigenvalue weighted by molar-refractivity contribution is 5.94. The van der Waals surface area contributed by atoms with Gasteiger partial charge in [-0.05, 0) is 65.8 Å². The van der Waals surface area contributed by atoms with Crippen LogP contribution >= 0.6 is 0 Å². The summed E-state index contributed by atoms with van der Waals surface area (Å²) in [7, 11) is 1.47. The summed E-state index contributed by atoms with van der Waals surface area (Å²) in [6, 6.07) is -2.27. The molecule has 0 radical (unpaired) electrons. The van der Waals surface area contributed by atoms with E-state index in [0.717, 1.165) is 38.5 Å². The van der Waals surface area contributed by atoms with Gasteiger partial charge < -0.3 is 20.1 Å². The van der Waals surface area contributed by atoms with Crippen LogP contribution in [0.4, 0.5) is 4.79 Å². The van der Waals surface area contributed by atoms with Crippen LogP contribution in [-0.4, -0.2) is 66.2 Å². The van der Waals surface area contributed by atoms with Gasteiger partial charge in [0.15, 0.2) is 0 Å². The van der Waals surface area contributed by atoms with E-state index in [1.165, 1.54) is 11.9 Å².